The Labute approximate surface area is 102 Å². The van der Waals surface area contributed by atoms with Crippen LogP contribution in [0.2, 0.25) is 0 Å². The fourth-order valence-electron chi connectivity index (χ4n) is 1.54. The van der Waals surface area contributed by atoms with E-state index in [4.69, 9.17) is 0 Å². The highest BCUT2D eigenvalue weighted by Gasteiger charge is 2.22. The zero-order valence-electron chi connectivity index (χ0n) is 8.52. The smallest absolute Gasteiger partial charge is 0.253 e. The lowest BCUT2D eigenvalue weighted by atomic mass is 10.1. The van der Waals surface area contributed by atoms with E-state index in [9.17, 15) is 9.59 Å². The molecular weight excluding hydrogens is 270 g/mol. The summed E-state index contributed by atoms with van der Waals surface area (Å²) in [7, 11) is 0. The molecule has 4 heteroatoms. The van der Waals surface area contributed by atoms with Crippen molar-refractivity contribution in [2.45, 2.75) is 6.42 Å². The summed E-state index contributed by atoms with van der Waals surface area (Å²) in [4.78, 5) is 23.8. The van der Waals surface area contributed by atoms with Gasteiger partial charge in [-0.05, 0) is 24.1 Å². The first-order valence-electron chi connectivity index (χ1n) is 4.95. The van der Waals surface area contributed by atoms with Gasteiger partial charge in [0.25, 0.3) is 11.8 Å². The van der Waals surface area contributed by atoms with Crippen LogP contribution < -0.4 is 0 Å². The monoisotopic (exact) mass is 279 g/mol. The predicted molar refractivity (Wildman–Crippen MR) is 63.7 cm³/mol. The van der Waals surface area contributed by atoms with Crippen LogP contribution in [-0.2, 0) is 16.0 Å². The average Bonchev–Trinajstić information content (AvgIpc) is 2.59. The number of hydrogen-bond acceptors (Lipinski definition) is 2. The minimum Gasteiger partial charge on any atom is -0.275 e. The maximum absolute atomic E-state index is 11.3. The molecule has 0 N–H and O–H groups in total. The Hall–Kier alpha value is -1.42. The first-order valence-corrected chi connectivity index (χ1v) is 5.74. The second-order valence-electron chi connectivity index (χ2n) is 3.54. The molecule has 1 aliphatic rings. The van der Waals surface area contributed by atoms with Gasteiger partial charge in [0.1, 0.15) is 0 Å². The number of amides is 2. The van der Waals surface area contributed by atoms with Gasteiger partial charge in [0.2, 0.25) is 0 Å². The van der Waals surface area contributed by atoms with Crippen LogP contribution >= 0.6 is 15.9 Å². The van der Waals surface area contributed by atoms with E-state index in [1.165, 1.54) is 17.1 Å². The standard InChI is InChI=1S/C12H10BrNO2/c13-10-3-1-9(2-4-10)7-8-14-11(15)5-6-12(14)16/h1-6H,7-8H2. The number of rotatable bonds is 3. The fraction of sp³-hybridized carbons (Fsp3) is 0.167. The van der Waals surface area contributed by atoms with Crippen molar-refractivity contribution in [2.75, 3.05) is 6.54 Å². The van der Waals surface area contributed by atoms with E-state index in [0.717, 1.165) is 10.0 Å². The van der Waals surface area contributed by atoms with Gasteiger partial charge in [-0.2, -0.15) is 0 Å². The lowest BCUT2D eigenvalue weighted by Gasteiger charge is -2.13. The van der Waals surface area contributed by atoms with Gasteiger partial charge >= 0.3 is 0 Å². The zero-order valence-corrected chi connectivity index (χ0v) is 10.1. The molecule has 0 aliphatic carbocycles. The highest BCUT2D eigenvalue weighted by atomic mass is 79.9. The Bertz CT molecular complexity index is 433. The van der Waals surface area contributed by atoms with Crippen LogP contribution in [0.1, 0.15) is 5.56 Å². The number of halogens is 1. The molecule has 0 saturated carbocycles. The Kier molecular flexibility index (Phi) is 3.19. The van der Waals surface area contributed by atoms with Gasteiger partial charge < -0.3 is 0 Å². The summed E-state index contributed by atoms with van der Waals surface area (Å²) in [6.07, 6.45) is 3.31. The van der Waals surface area contributed by atoms with Crippen molar-refractivity contribution >= 4 is 27.7 Å². The third kappa shape index (κ3) is 2.39. The first kappa shape index (κ1) is 11.1. The number of hydrogen-bond donors (Lipinski definition) is 0. The van der Waals surface area contributed by atoms with Crippen LogP contribution in [0.4, 0.5) is 0 Å². The van der Waals surface area contributed by atoms with Crippen LogP contribution in [0.15, 0.2) is 40.9 Å². The first-order chi connectivity index (χ1) is 7.66. The molecule has 1 aromatic rings. The molecular formula is C12H10BrNO2. The molecule has 16 heavy (non-hydrogen) atoms. The van der Waals surface area contributed by atoms with Gasteiger partial charge in [-0.25, -0.2) is 0 Å². The summed E-state index contributed by atoms with van der Waals surface area (Å²) < 4.78 is 1.02. The summed E-state index contributed by atoms with van der Waals surface area (Å²) in [6, 6.07) is 7.84. The lowest BCUT2D eigenvalue weighted by molar-refractivity contribution is -0.136. The topological polar surface area (TPSA) is 37.4 Å². The molecule has 0 fully saturated rings. The van der Waals surface area contributed by atoms with E-state index in [2.05, 4.69) is 15.9 Å². The van der Waals surface area contributed by atoms with Crippen LogP contribution in [0.3, 0.4) is 0 Å². The van der Waals surface area contributed by atoms with Crippen molar-refractivity contribution in [3.05, 3.63) is 46.5 Å². The summed E-state index contributed by atoms with van der Waals surface area (Å²) in [5, 5.41) is 0. The van der Waals surface area contributed by atoms with Gasteiger partial charge in [0.05, 0.1) is 0 Å². The average molecular weight is 280 g/mol. The van der Waals surface area contributed by atoms with Crippen molar-refractivity contribution in [1.82, 2.24) is 4.90 Å². The Morgan fingerprint density at radius 3 is 2.12 bits per heavy atom. The summed E-state index contributed by atoms with van der Waals surface area (Å²) in [5.74, 6) is -0.441. The highest BCUT2D eigenvalue weighted by Crippen LogP contribution is 2.12. The van der Waals surface area contributed by atoms with E-state index >= 15 is 0 Å². The quantitative estimate of drug-likeness (QED) is 0.793. The van der Waals surface area contributed by atoms with Gasteiger partial charge in [-0.15, -0.1) is 0 Å². The van der Waals surface area contributed by atoms with E-state index in [1.54, 1.807) is 0 Å². The maximum Gasteiger partial charge on any atom is 0.253 e. The van der Waals surface area contributed by atoms with Gasteiger partial charge in [-0.1, -0.05) is 28.1 Å². The van der Waals surface area contributed by atoms with Crippen molar-refractivity contribution in [3.8, 4) is 0 Å². The normalized spacial score (nSPS) is 14.9. The molecule has 0 radical (unpaired) electrons. The number of benzene rings is 1. The van der Waals surface area contributed by atoms with Crippen LogP contribution in [0.5, 0.6) is 0 Å². The fourth-order valence-corrected chi connectivity index (χ4v) is 1.81. The Balaban J connectivity index is 1.95. The maximum atomic E-state index is 11.3. The lowest BCUT2D eigenvalue weighted by Crippen LogP contribution is -2.31. The second-order valence-corrected chi connectivity index (χ2v) is 4.45. The summed E-state index contributed by atoms with van der Waals surface area (Å²) in [6.45, 7) is 0.437. The third-order valence-electron chi connectivity index (χ3n) is 2.44. The number of carbonyl (C=O) groups excluding carboxylic acids is 2. The SMILES string of the molecule is O=C1C=CC(=O)N1CCc1ccc(Br)cc1. The largest absolute Gasteiger partial charge is 0.275 e. The third-order valence-corrected chi connectivity index (χ3v) is 2.97. The van der Waals surface area contributed by atoms with Crippen molar-refractivity contribution < 1.29 is 9.59 Å². The van der Waals surface area contributed by atoms with Crippen molar-refractivity contribution in [3.63, 3.8) is 0 Å². The summed E-state index contributed by atoms with van der Waals surface area (Å²) in [5.41, 5.74) is 1.11. The minimum absolute atomic E-state index is 0.220. The van der Waals surface area contributed by atoms with Gasteiger partial charge in [0, 0.05) is 23.2 Å². The molecule has 1 heterocycles. The van der Waals surface area contributed by atoms with Gasteiger partial charge in [0.15, 0.2) is 0 Å². The molecule has 2 amide bonds. The van der Waals surface area contributed by atoms with E-state index in [1.807, 2.05) is 24.3 Å². The molecule has 82 valence electrons. The molecule has 0 aromatic heterocycles. The van der Waals surface area contributed by atoms with Crippen LogP contribution in [0.25, 0.3) is 0 Å². The molecule has 1 aliphatic heterocycles. The second kappa shape index (κ2) is 4.61. The molecule has 3 nitrogen and oxygen atoms in total. The highest BCUT2D eigenvalue weighted by molar-refractivity contribution is 9.10. The van der Waals surface area contributed by atoms with Crippen LogP contribution in [0, 0.1) is 0 Å². The molecule has 1 aromatic carbocycles. The molecule has 0 spiro atoms. The number of nitrogens with zero attached hydrogens (tertiary/aromatic N) is 1. The van der Waals surface area contributed by atoms with Gasteiger partial charge in [-0.3, -0.25) is 14.5 Å². The summed E-state index contributed by atoms with van der Waals surface area (Å²) >= 11 is 3.35. The van der Waals surface area contributed by atoms with Crippen molar-refractivity contribution in [2.24, 2.45) is 0 Å². The van der Waals surface area contributed by atoms with E-state index in [-0.39, 0.29) is 11.8 Å². The molecule has 2 rings (SSSR count). The minimum atomic E-state index is -0.220. The molecule has 0 atom stereocenters. The molecule has 0 saturated heterocycles. The predicted octanol–water partition coefficient (Wildman–Crippen LogP) is 1.92. The number of carbonyl (C=O) groups is 2. The number of imide groups is 1. The van der Waals surface area contributed by atoms with Crippen molar-refractivity contribution in [1.29, 1.82) is 0 Å². The van der Waals surface area contributed by atoms with Crippen LogP contribution in [-0.4, -0.2) is 23.3 Å². The van der Waals surface area contributed by atoms with E-state index in [0.29, 0.717) is 13.0 Å². The zero-order chi connectivity index (χ0) is 11.5. The molecule has 0 bridgehead atoms. The van der Waals surface area contributed by atoms with E-state index < -0.39 is 0 Å². The Morgan fingerprint density at radius 1 is 1.00 bits per heavy atom. The molecule has 0 unspecified atom stereocenters. The Morgan fingerprint density at radius 2 is 1.56 bits per heavy atom.